The van der Waals surface area contributed by atoms with Crippen molar-refractivity contribution in [2.24, 2.45) is 0 Å². The monoisotopic (exact) mass is 383 g/mol. The molecule has 150 valence electrons. The van der Waals surface area contributed by atoms with Gasteiger partial charge >= 0.3 is 12.1 Å². The average molecular weight is 383 g/mol. The van der Waals surface area contributed by atoms with Crippen LogP contribution in [0.15, 0.2) is 54.6 Å². The topological polar surface area (TPSA) is 64.6 Å². The van der Waals surface area contributed by atoms with Gasteiger partial charge in [0, 0.05) is 6.42 Å². The van der Waals surface area contributed by atoms with Crippen LogP contribution in [-0.4, -0.2) is 29.8 Å². The highest BCUT2D eigenvalue weighted by Gasteiger charge is 2.26. The van der Waals surface area contributed by atoms with Crippen molar-refractivity contribution < 1.29 is 19.1 Å². The second kappa shape index (κ2) is 9.40. The molecule has 0 spiro atoms. The standard InChI is InChI=1S/C23H29NO4/c1-16(2)27-21(25)20(24-22(26)28-23(3,4)5)15-17-11-13-19(14-12-17)18-9-7-6-8-10-18/h6-14,16,20H,15H2,1-5H3,(H,24,26). The van der Waals surface area contributed by atoms with E-state index in [0.717, 1.165) is 16.7 Å². The molecule has 0 aromatic heterocycles. The lowest BCUT2D eigenvalue weighted by atomic mass is 10.0. The third-order valence-corrected chi connectivity index (χ3v) is 3.83. The third-order valence-electron chi connectivity index (χ3n) is 3.83. The van der Waals surface area contributed by atoms with E-state index in [9.17, 15) is 9.59 Å². The van der Waals surface area contributed by atoms with E-state index in [1.807, 2.05) is 54.6 Å². The van der Waals surface area contributed by atoms with Crippen LogP contribution in [0.3, 0.4) is 0 Å². The molecule has 0 saturated carbocycles. The van der Waals surface area contributed by atoms with Crippen molar-refractivity contribution in [1.29, 1.82) is 0 Å². The maximum atomic E-state index is 12.5. The zero-order valence-corrected chi connectivity index (χ0v) is 17.2. The number of nitrogens with one attached hydrogen (secondary N) is 1. The SMILES string of the molecule is CC(C)OC(=O)C(Cc1ccc(-c2ccccc2)cc1)NC(=O)OC(C)(C)C. The molecular weight excluding hydrogens is 354 g/mol. The largest absolute Gasteiger partial charge is 0.461 e. The minimum absolute atomic E-state index is 0.268. The molecule has 1 atom stereocenters. The van der Waals surface area contributed by atoms with E-state index in [0.29, 0.717) is 6.42 Å². The summed E-state index contributed by atoms with van der Waals surface area (Å²) in [4.78, 5) is 24.6. The van der Waals surface area contributed by atoms with Gasteiger partial charge in [-0.15, -0.1) is 0 Å². The first kappa shape index (κ1) is 21.5. The van der Waals surface area contributed by atoms with Gasteiger partial charge in [0.05, 0.1) is 6.10 Å². The highest BCUT2D eigenvalue weighted by Crippen LogP contribution is 2.20. The van der Waals surface area contributed by atoms with Crippen molar-refractivity contribution in [1.82, 2.24) is 5.32 Å². The first-order valence-corrected chi connectivity index (χ1v) is 9.48. The summed E-state index contributed by atoms with van der Waals surface area (Å²) < 4.78 is 10.6. The summed E-state index contributed by atoms with van der Waals surface area (Å²) in [6, 6.07) is 17.1. The Morgan fingerprint density at radius 2 is 1.50 bits per heavy atom. The first-order chi connectivity index (χ1) is 13.1. The molecule has 0 aliphatic rings. The van der Waals surface area contributed by atoms with Crippen molar-refractivity contribution >= 4 is 12.1 Å². The van der Waals surface area contributed by atoms with Crippen molar-refractivity contribution in [3.05, 3.63) is 60.2 Å². The van der Waals surface area contributed by atoms with E-state index in [1.54, 1.807) is 34.6 Å². The van der Waals surface area contributed by atoms with E-state index in [4.69, 9.17) is 9.47 Å². The lowest BCUT2D eigenvalue weighted by Gasteiger charge is -2.23. The molecule has 0 aliphatic carbocycles. The lowest BCUT2D eigenvalue weighted by molar-refractivity contribution is -0.149. The molecule has 5 nitrogen and oxygen atoms in total. The molecule has 2 aromatic rings. The van der Waals surface area contributed by atoms with E-state index in [2.05, 4.69) is 5.32 Å². The fraction of sp³-hybridized carbons (Fsp3) is 0.391. The minimum atomic E-state index is -0.820. The van der Waals surface area contributed by atoms with Gasteiger partial charge in [-0.1, -0.05) is 54.6 Å². The van der Waals surface area contributed by atoms with Crippen LogP contribution in [0.1, 0.15) is 40.2 Å². The molecule has 2 rings (SSSR count). The normalized spacial score (nSPS) is 12.4. The smallest absolute Gasteiger partial charge is 0.408 e. The molecule has 28 heavy (non-hydrogen) atoms. The van der Waals surface area contributed by atoms with E-state index >= 15 is 0 Å². The van der Waals surface area contributed by atoms with Gasteiger partial charge in [0.15, 0.2) is 0 Å². The van der Waals surface area contributed by atoms with E-state index in [1.165, 1.54) is 0 Å². The Kier molecular flexibility index (Phi) is 7.21. The Morgan fingerprint density at radius 3 is 2.04 bits per heavy atom. The number of carbonyl (C=O) groups excluding carboxylic acids is 2. The third kappa shape index (κ3) is 7.06. The predicted octanol–water partition coefficient (Wildman–Crippen LogP) is 4.74. The molecule has 0 aliphatic heterocycles. The lowest BCUT2D eigenvalue weighted by Crippen LogP contribution is -2.46. The van der Waals surface area contributed by atoms with Gasteiger partial charge in [0.1, 0.15) is 11.6 Å². The molecular formula is C23H29NO4. The fourth-order valence-electron chi connectivity index (χ4n) is 2.66. The number of alkyl carbamates (subject to hydrolysis) is 1. The quantitative estimate of drug-likeness (QED) is 0.732. The van der Waals surface area contributed by atoms with Gasteiger partial charge in [0.2, 0.25) is 0 Å². The second-order valence-corrected chi connectivity index (χ2v) is 7.95. The van der Waals surface area contributed by atoms with Crippen molar-refractivity contribution in [3.63, 3.8) is 0 Å². The van der Waals surface area contributed by atoms with Gasteiger partial charge in [0.25, 0.3) is 0 Å². The highest BCUT2D eigenvalue weighted by atomic mass is 16.6. The number of ether oxygens (including phenoxy) is 2. The number of rotatable bonds is 6. The summed E-state index contributed by atoms with van der Waals surface area (Å²) in [5.74, 6) is -0.479. The van der Waals surface area contributed by atoms with Crippen molar-refractivity contribution in [3.8, 4) is 11.1 Å². The second-order valence-electron chi connectivity index (χ2n) is 7.95. The van der Waals surface area contributed by atoms with Crippen LogP contribution in [0.25, 0.3) is 11.1 Å². The Labute approximate surface area is 167 Å². The van der Waals surface area contributed by atoms with Crippen LogP contribution < -0.4 is 5.32 Å². The number of amides is 1. The molecule has 0 bridgehead atoms. The summed E-state index contributed by atoms with van der Waals surface area (Å²) in [6.07, 6.45) is -0.588. The molecule has 5 heteroatoms. The fourth-order valence-corrected chi connectivity index (χ4v) is 2.66. The van der Waals surface area contributed by atoms with E-state index in [-0.39, 0.29) is 6.10 Å². The zero-order chi connectivity index (χ0) is 20.7. The van der Waals surface area contributed by atoms with Gasteiger partial charge in [-0.2, -0.15) is 0 Å². The molecule has 0 fully saturated rings. The summed E-state index contributed by atoms with van der Waals surface area (Å²) in [6.45, 7) is 8.87. The number of benzene rings is 2. The summed E-state index contributed by atoms with van der Waals surface area (Å²) >= 11 is 0. The Bertz CT molecular complexity index is 776. The molecule has 1 unspecified atom stereocenters. The summed E-state index contributed by atoms with van der Waals surface area (Å²) in [5.41, 5.74) is 2.48. The van der Waals surface area contributed by atoms with Gasteiger partial charge < -0.3 is 14.8 Å². The van der Waals surface area contributed by atoms with Crippen molar-refractivity contribution in [2.45, 2.75) is 58.8 Å². The van der Waals surface area contributed by atoms with Crippen LogP contribution in [0.2, 0.25) is 0 Å². The molecule has 2 aromatic carbocycles. The zero-order valence-electron chi connectivity index (χ0n) is 17.2. The number of hydrogen-bond acceptors (Lipinski definition) is 4. The Balaban J connectivity index is 2.12. The summed E-state index contributed by atoms with van der Waals surface area (Å²) in [5, 5.41) is 2.64. The molecule has 0 saturated heterocycles. The molecule has 0 heterocycles. The van der Waals surface area contributed by atoms with Crippen LogP contribution in [0, 0.1) is 0 Å². The maximum Gasteiger partial charge on any atom is 0.408 e. The predicted molar refractivity (Wildman–Crippen MR) is 110 cm³/mol. The first-order valence-electron chi connectivity index (χ1n) is 9.48. The summed E-state index contributed by atoms with van der Waals surface area (Å²) in [7, 11) is 0. The molecule has 0 radical (unpaired) electrons. The number of hydrogen-bond donors (Lipinski definition) is 1. The van der Waals surface area contributed by atoms with Gasteiger partial charge in [-0.3, -0.25) is 0 Å². The van der Waals surface area contributed by atoms with Crippen LogP contribution in [0.4, 0.5) is 4.79 Å². The van der Waals surface area contributed by atoms with Crippen LogP contribution in [-0.2, 0) is 20.7 Å². The Morgan fingerprint density at radius 1 is 0.929 bits per heavy atom. The van der Waals surface area contributed by atoms with Crippen LogP contribution in [0.5, 0.6) is 0 Å². The number of carbonyl (C=O) groups is 2. The molecule has 1 amide bonds. The number of esters is 1. The maximum absolute atomic E-state index is 12.5. The van der Waals surface area contributed by atoms with E-state index < -0.39 is 23.7 Å². The van der Waals surface area contributed by atoms with Crippen molar-refractivity contribution in [2.75, 3.05) is 0 Å². The van der Waals surface area contributed by atoms with Crippen LogP contribution >= 0.6 is 0 Å². The van der Waals surface area contributed by atoms with Gasteiger partial charge in [-0.05, 0) is 51.3 Å². The minimum Gasteiger partial charge on any atom is -0.461 e. The average Bonchev–Trinajstić information content (AvgIpc) is 2.60. The van der Waals surface area contributed by atoms with Gasteiger partial charge in [-0.25, -0.2) is 9.59 Å². The molecule has 1 N–H and O–H groups in total. The highest BCUT2D eigenvalue weighted by molar-refractivity contribution is 5.82. The Hall–Kier alpha value is -2.82.